The number of hydrogen-bond acceptors (Lipinski definition) is 5. The molecule has 0 aliphatic heterocycles. The molecule has 0 amide bonds. The Hall–Kier alpha value is -3.22. The van der Waals surface area contributed by atoms with Gasteiger partial charge in [-0.3, -0.25) is 9.20 Å². The van der Waals surface area contributed by atoms with Crippen LogP contribution in [-0.4, -0.2) is 43.0 Å². The maximum atomic E-state index is 14.0. The first-order valence-corrected chi connectivity index (χ1v) is 11.5. The fourth-order valence-corrected chi connectivity index (χ4v) is 4.01. The second kappa shape index (κ2) is 10.5. The SMILES string of the molecule is Cc1cn2c(C(=O)CC(CCC(F)(F)C(F)(F)F)C(C)(C)O)c(C)nc2c(OCc2c(F)cccc2F)n1. The third kappa shape index (κ3) is 6.25. The Labute approximate surface area is 213 Å². The minimum atomic E-state index is -5.76. The summed E-state index contributed by atoms with van der Waals surface area (Å²) in [6, 6.07) is 3.31. The van der Waals surface area contributed by atoms with E-state index in [4.69, 9.17) is 4.74 Å². The number of fused-ring (bicyclic) bond motifs is 1. The van der Waals surface area contributed by atoms with Crippen molar-refractivity contribution in [3.63, 3.8) is 0 Å². The van der Waals surface area contributed by atoms with Crippen LogP contribution in [0.15, 0.2) is 24.4 Å². The monoisotopic (exact) mass is 549 g/mol. The van der Waals surface area contributed by atoms with Gasteiger partial charge in [0.2, 0.25) is 5.65 Å². The van der Waals surface area contributed by atoms with Crippen LogP contribution in [0.25, 0.3) is 5.65 Å². The van der Waals surface area contributed by atoms with Gasteiger partial charge in [0.1, 0.15) is 23.9 Å². The number of imidazole rings is 1. The third-order valence-corrected chi connectivity index (χ3v) is 6.20. The Bertz CT molecular complexity index is 1310. The molecular weight excluding hydrogens is 523 g/mol. The van der Waals surface area contributed by atoms with Crippen LogP contribution in [0.5, 0.6) is 5.88 Å². The number of nitrogens with zero attached hydrogens (tertiary/aromatic N) is 3. The van der Waals surface area contributed by atoms with Gasteiger partial charge >= 0.3 is 12.1 Å². The van der Waals surface area contributed by atoms with Crippen molar-refractivity contribution < 1.29 is 45.4 Å². The summed E-state index contributed by atoms with van der Waals surface area (Å²) in [5.41, 5.74) is -1.60. The number of aromatic nitrogens is 3. The largest absolute Gasteiger partial charge is 0.470 e. The van der Waals surface area contributed by atoms with Crippen molar-refractivity contribution in [2.75, 3.05) is 0 Å². The average Bonchev–Trinajstić information content (AvgIpc) is 3.10. The molecule has 1 unspecified atom stereocenters. The fraction of sp³-hybridized carbons (Fsp3) is 0.480. The Kier molecular flexibility index (Phi) is 8.11. The first-order valence-electron chi connectivity index (χ1n) is 11.5. The van der Waals surface area contributed by atoms with Gasteiger partial charge in [-0.15, -0.1) is 0 Å². The molecule has 1 atom stereocenters. The van der Waals surface area contributed by atoms with E-state index in [-0.39, 0.29) is 28.5 Å². The molecule has 208 valence electrons. The molecule has 0 aliphatic carbocycles. The van der Waals surface area contributed by atoms with Gasteiger partial charge in [-0.05, 0) is 52.2 Å². The summed E-state index contributed by atoms with van der Waals surface area (Å²) in [5, 5.41) is 10.4. The number of carbonyl (C=O) groups is 1. The highest BCUT2D eigenvalue weighted by Crippen LogP contribution is 2.41. The number of ketones is 1. The molecule has 1 N–H and O–H groups in total. The van der Waals surface area contributed by atoms with E-state index in [1.165, 1.54) is 37.4 Å². The van der Waals surface area contributed by atoms with Crippen molar-refractivity contribution in [1.29, 1.82) is 0 Å². The van der Waals surface area contributed by atoms with Crippen LogP contribution in [0.2, 0.25) is 0 Å². The summed E-state index contributed by atoms with van der Waals surface area (Å²) in [6.07, 6.45) is -7.26. The van der Waals surface area contributed by atoms with Gasteiger partial charge in [0.05, 0.1) is 22.6 Å². The number of ether oxygens (including phenoxy) is 1. The molecule has 0 bridgehead atoms. The second-order valence-electron chi connectivity index (χ2n) is 9.63. The predicted molar refractivity (Wildman–Crippen MR) is 122 cm³/mol. The van der Waals surface area contributed by atoms with E-state index >= 15 is 0 Å². The fourth-order valence-electron chi connectivity index (χ4n) is 4.01. The quantitative estimate of drug-likeness (QED) is 0.243. The number of aryl methyl sites for hydroxylation is 2. The molecule has 2 heterocycles. The average molecular weight is 549 g/mol. The Balaban J connectivity index is 1.91. The van der Waals surface area contributed by atoms with Gasteiger partial charge in [-0.1, -0.05) is 6.07 Å². The lowest BCUT2D eigenvalue weighted by molar-refractivity contribution is -0.285. The molecule has 0 saturated carbocycles. The molecule has 0 fully saturated rings. The van der Waals surface area contributed by atoms with Crippen LogP contribution in [0.4, 0.5) is 30.7 Å². The molecule has 3 rings (SSSR count). The van der Waals surface area contributed by atoms with E-state index in [0.717, 1.165) is 12.1 Å². The summed E-state index contributed by atoms with van der Waals surface area (Å²) < 4.78 is 99.8. The van der Waals surface area contributed by atoms with Crippen LogP contribution < -0.4 is 4.74 Å². The summed E-state index contributed by atoms with van der Waals surface area (Å²) in [7, 11) is 0. The Morgan fingerprint density at radius 3 is 2.24 bits per heavy atom. The van der Waals surface area contributed by atoms with Gasteiger partial charge in [-0.2, -0.15) is 22.0 Å². The third-order valence-electron chi connectivity index (χ3n) is 6.20. The van der Waals surface area contributed by atoms with Crippen molar-refractivity contribution in [2.45, 2.75) is 71.3 Å². The zero-order chi connectivity index (χ0) is 28.6. The minimum Gasteiger partial charge on any atom is -0.470 e. The number of aliphatic hydroxyl groups is 1. The van der Waals surface area contributed by atoms with Crippen molar-refractivity contribution in [3.8, 4) is 5.88 Å². The zero-order valence-electron chi connectivity index (χ0n) is 21.0. The van der Waals surface area contributed by atoms with Crippen LogP contribution >= 0.6 is 0 Å². The standard InChI is InChI=1S/C25H26F7N3O3/c1-13-11-35-20(19(36)10-15(23(3,4)37)8-9-24(28,29)25(30,31)32)14(2)34-21(35)22(33-13)38-12-16-17(26)6-5-7-18(16)27/h5-7,11,15,37H,8-10,12H2,1-4H3. The number of rotatable bonds is 10. The van der Waals surface area contributed by atoms with E-state index in [1.54, 1.807) is 6.92 Å². The molecule has 1 aromatic carbocycles. The van der Waals surface area contributed by atoms with Gasteiger partial charge < -0.3 is 9.84 Å². The highest BCUT2D eigenvalue weighted by Gasteiger charge is 2.57. The van der Waals surface area contributed by atoms with Crippen LogP contribution in [0.1, 0.15) is 60.5 Å². The van der Waals surface area contributed by atoms with E-state index in [1.807, 2.05) is 0 Å². The first kappa shape index (κ1) is 29.3. The van der Waals surface area contributed by atoms with Gasteiger partial charge in [0.15, 0.2) is 5.78 Å². The number of carbonyl (C=O) groups excluding carboxylic acids is 1. The predicted octanol–water partition coefficient (Wildman–Crippen LogP) is 6.14. The first-order chi connectivity index (χ1) is 17.4. The Morgan fingerprint density at radius 1 is 1.08 bits per heavy atom. The number of benzene rings is 1. The summed E-state index contributed by atoms with van der Waals surface area (Å²) in [4.78, 5) is 21.7. The summed E-state index contributed by atoms with van der Waals surface area (Å²) in [5.74, 6) is -8.70. The normalized spacial score (nSPS) is 13.7. The van der Waals surface area contributed by atoms with Crippen molar-refractivity contribution in [2.24, 2.45) is 5.92 Å². The van der Waals surface area contributed by atoms with E-state index in [0.29, 0.717) is 5.69 Å². The van der Waals surface area contributed by atoms with Crippen LogP contribution in [0, 0.1) is 31.4 Å². The second-order valence-corrected chi connectivity index (χ2v) is 9.63. The van der Waals surface area contributed by atoms with Crippen LogP contribution in [-0.2, 0) is 6.61 Å². The highest BCUT2D eigenvalue weighted by molar-refractivity contribution is 5.96. The van der Waals surface area contributed by atoms with Crippen molar-refractivity contribution in [3.05, 3.63) is 58.7 Å². The van der Waals surface area contributed by atoms with E-state index < -0.39 is 66.9 Å². The molecule has 0 saturated heterocycles. The zero-order valence-corrected chi connectivity index (χ0v) is 21.0. The maximum Gasteiger partial charge on any atom is 0.453 e. The lowest BCUT2D eigenvalue weighted by Gasteiger charge is -2.30. The topological polar surface area (TPSA) is 76.7 Å². The molecule has 3 aromatic rings. The molecule has 0 aliphatic rings. The maximum absolute atomic E-state index is 14.0. The van der Waals surface area contributed by atoms with Crippen molar-refractivity contribution in [1.82, 2.24) is 14.4 Å². The smallest absolute Gasteiger partial charge is 0.453 e. The number of hydrogen-bond donors (Lipinski definition) is 1. The number of alkyl halides is 5. The summed E-state index contributed by atoms with van der Waals surface area (Å²) in [6.45, 7) is 4.93. The van der Waals surface area contributed by atoms with Crippen molar-refractivity contribution >= 4 is 11.4 Å². The molecule has 2 aromatic heterocycles. The Morgan fingerprint density at radius 2 is 1.68 bits per heavy atom. The molecule has 0 spiro atoms. The van der Waals surface area contributed by atoms with Gasteiger partial charge in [-0.25, -0.2) is 18.7 Å². The van der Waals surface area contributed by atoms with Gasteiger partial charge in [0.25, 0.3) is 5.88 Å². The lowest BCUT2D eigenvalue weighted by atomic mass is 9.82. The summed E-state index contributed by atoms with van der Waals surface area (Å²) >= 11 is 0. The minimum absolute atomic E-state index is 0.0238. The molecule has 0 radical (unpaired) electrons. The number of halogens is 7. The van der Waals surface area contributed by atoms with Gasteiger partial charge in [0, 0.05) is 19.0 Å². The molecule has 13 heteroatoms. The lowest BCUT2D eigenvalue weighted by Crippen LogP contribution is -2.39. The molecule has 6 nitrogen and oxygen atoms in total. The van der Waals surface area contributed by atoms with Crippen LogP contribution in [0.3, 0.4) is 0 Å². The van der Waals surface area contributed by atoms with E-state index in [2.05, 4.69) is 9.97 Å². The highest BCUT2D eigenvalue weighted by atomic mass is 19.4. The number of Topliss-reactive ketones (excluding diaryl/α,β-unsaturated/α-hetero) is 1. The molecular formula is C25H26F7N3O3. The van der Waals surface area contributed by atoms with E-state index in [9.17, 15) is 40.6 Å². The molecule has 38 heavy (non-hydrogen) atoms.